The van der Waals surface area contributed by atoms with Gasteiger partial charge in [-0.05, 0) is 0 Å². The maximum atomic E-state index is 12.6. The number of ether oxygens (including phenoxy) is 11. The second-order valence-corrected chi connectivity index (χ2v) is 8.60. The quantitative estimate of drug-likeness (QED) is 0.236. The summed E-state index contributed by atoms with van der Waals surface area (Å²) in [6.45, 7) is -2.18. The molecule has 5 aliphatic heterocycles. The molecule has 0 bridgehead atoms. The van der Waals surface area contributed by atoms with E-state index in [0.29, 0.717) is 6.92 Å². The van der Waals surface area contributed by atoms with E-state index in [4.69, 9.17) is 0 Å². The molecule has 2 atom stereocenters. The molecule has 33 heteroatoms. The summed E-state index contributed by atoms with van der Waals surface area (Å²) in [6, 6.07) is -2.78. The number of hydrogen-bond donors (Lipinski definition) is 0. The highest BCUT2D eigenvalue weighted by Crippen LogP contribution is 2.43. The van der Waals surface area contributed by atoms with E-state index in [1.54, 1.807) is 0 Å². The predicted molar refractivity (Wildman–Crippen MR) is 112 cm³/mol. The average molecular weight is 856 g/mol. The third-order valence-electron chi connectivity index (χ3n) is 4.41. The van der Waals surface area contributed by atoms with E-state index in [1.165, 1.54) is 0 Å². The van der Waals surface area contributed by atoms with Crippen LogP contribution in [0, 0.1) is 0 Å². The normalized spacial score (nSPS) is 25.3. The van der Waals surface area contributed by atoms with Gasteiger partial charge in [0.2, 0.25) is 0 Å². The van der Waals surface area contributed by atoms with Crippen molar-refractivity contribution in [3.8, 4) is 0 Å². The molecule has 0 aromatic rings. The lowest BCUT2D eigenvalue weighted by Crippen LogP contribution is -2.43. The Hall–Kier alpha value is -5.04. The van der Waals surface area contributed by atoms with Gasteiger partial charge in [0.1, 0.15) is 0 Å². The zero-order valence-corrected chi connectivity index (χ0v) is 24.5. The number of halogens is 22. The summed E-state index contributed by atoms with van der Waals surface area (Å²) >= 11 is 0. The number of alkyl halides is 16. The fourth-order valence-electron chi connectivity index (χ4n) is 2.27. The van der Waals surface area contributed by atoms with Crippen molar-refractivity contribution >= 4 is 0 Å². The first kappa shape index (κ1) is 47.0. The summed E-state index contributed by atoms with van der Waals surface area (Å²) in [7, 11) is 0. The number of rotatable bonds is 1. The Kier molecular flexibility index (Phi) is 14.4. The van der Waals surface area contributed by atoms with Crippen molar-refractivity contribution in [2.75, 3.05) is 13.2 Å². The predicted octanol–water partition coefficient (Wildman–Crippen LogP) is 9.37. The van der Waals surface area contributed by atoms with E-state index in [0.717, 1.165) is 0 Å². The van der Waals surface area contributed by atoms with Crippen LogP contribution in [0.25, 0.3) is 0 Å². The molecule has 0 N–H and O–H groups in total. The minimum Gasteiger partial charge on any atom is -0.454 e. The molecule has 5 aliphatic rings. The summed E-state index contributed by atoms with van der Waals surface area (Å²) in [4.78, 5) is 0. The van der Waals surface area contributed by atoms with Crippen LogP contribution < -0.4 is 0 Å². The van der Waals surface area contributed by atoms with Gasteiger partial charge in [-0.25, -0.2) is 0 Å². The highest BCUT2D eigenvalue weighted by atomic mass is 19.4. The van der Waals surface area contributed by atoms with Gasteiger partial charge in [0, 0.05) is 6.92 Å². The van der Waals surface area contributed by atoms with Crippen LogP contribution in [0.4, 0.5) is 96.6 Å². The Morgan fingerprint density at radius 1 is 0.574 bits per heavy atom. The van der Waals surface area contributed by atoms with Gasteiger partial charge in [-0.3, -0.25) is 0 Å². The third kappa shape index (κ3) is 15.1. The Morgan fingerprint density at radius 3 is 1.24 bits per heavy atom. The molecule has 5 rings (SSSR count). The zero-order chi connectivity index (χ0) is 42.4. The van der Waals surface area contributed by atoms with Gasteiger partial charge >= 0.3 is 91.1 Å². The molecule has 0 saturated carbocycles. The van der Waals surface area contributed by atoms with Crippen LogP contribution in [0.1, 0.15) is 6.92 Å². The molecule has 54 heavy (non-hydrogen) atoms. The molecular weight excluding hydrogens is 846 g/mol. The molecule has 0 amide bonds. The lowest BCUT2D eigenvalue weighted by atomic mass is 10.3. The molecule has 0 spiro atoms. The van der Waals surface area contributed by atoms with Crippen molar-refractivity contribution in [3.63, 3.8) is 0 Å². The average Bonchev–Trinajstić information content (AvgIpc) is 3.77. The van der Waals surface area contributed by atoms with E-state index in [-0.39, 0.29) is 18.8 Å². The highest BCUT2D eigenvalue weighted by Gasteiger charge is 2.64. The molecule has 2 fully saturated rings. The molecule has 5 heterocycles. The van der Waals surface area contributed by atoms with Gasteiger partial charge in [-0.15, -0.1) is 30.7 Å². The van der Waals surface area contributed by atoms with Gasteiger partial charge in [0.15, 0.2) is 32.0 Å². The smallest absolute Gasteiger partial charge is 0.454 e. The molecule has 0 aromatic heterocycles. The van der Waals surface area contributed by atoms with Crippen LogP contribution in [0.2, 0.25) is 0 Å². The second kappa shape index (κ2) is 16.5. The maximum absolute atomic E-state index is 12.6. The van der Waals surface area contributed by atoms with Crippen molar-refractivity contribution in [1.29, 1.82) is 0 Å². The first-order valence-corrected chi connectivity index (χ1v) is 12.0. The van der Waals surface area contributed by atoms with Crippen LogP contribution in [0.5, 0.6) is 0 Å². The summed E-state index contributed by atoms with van der Waals surface area (Å²) in [6.07, 6.45) is -31.2. The van der Waals surface area contributed by atoms with E-state index in [1.807, 2.05) is 0 Å². The van der Waals surface area contributed by atoms with Gasteiger partial charge < -0.3 is 52.1 Å². The molecule has 2 unspecified atom stereocenters. The van der Waals surface area contributed by atoms with Gasteiger partial charge in [0.25, 0.3) is 0 Å². The zero-order valence-electron chi connectivity index (χ0n) is 24.5. The molecule has 11 nitrogen and oxygen atoms in total. The lowest BCUT2D eigenvalue weighted by molar-refractivity contribution is -0.372. The van der Waals surface area contributed by atoms with E-state index in [2.05, 4.69) is 52.1 Å². The number of hydrogen-bond acceptors (Lipinski definition) is 11. The minimum atomic E-state index is -5.40. The minimum absolute atomic E-state index is 0.0352. The SMILES string of the molecule is CC1(C(F)(F)F)OC=C(F)O1.FC(F)(F)OC1=COC(F)(F)O1.FC(F)=C1OCC(F)(C(F)(F)F)O1.FC(F)=C1OCC(F)(F)O1.FC1=COC(F)(F)O1. The van der Waals surface area contributed by atoms with Gasteiger partial charge in [0.05, 0.1) is 0 Å². The molecule has 0 radical (unpaired) electrons. The molecular formula is C21H10F22O11. The van der Waals surface area contributed by atoms with Crippen LogP contribution in [-0.2, 0) is 52.1 Å². The monoisotopic (exact) mass is 856 g/mol. The van der Waals surface area contributed by atoms with Crippen LogP contribution in [-0.4, -0.2) is 62.3 Å². The fraction of sp³-hybridized carbons (Fsp3) is 0.524. The van der Waals surface area contributed by atoms with Crippen LogP contribution in [0.15, 0.2) is 60.8 Å². The standard InChI is InChI=1S/C5H2F6O2.C5H4F4O2.C4HF5O3.C4H2F4O2.C3HF3O2/c6-2(7)3-12-1-4(8,13-3)5(9,10)11;1-4(5(7,8)9)10-2-3(6)11-4;5-3(6,7)11-2-1-10-4(8,9)12-2;5-2(6)3-9-1-4(7,8)10-3;4-2-1-7-3(5,6)8-2/h1H2;2H,1H3;1H;1H2;1H. The maximum Gasteiger partial charge on any atom is 0.588 e. The summed E-state index contributed by atoms with van der Waals surface area (Å²) in [5, 5.41) is 0. The summed E-state index contributed by atoms with van der Waals surface area (Å²) in [5.41, 5.74) is 0. The Bertz CT molecular complexity index is 1440. The van der Waals surface area contributed by atoms with Crippen molar-refractivity contribution < 1.29 is 149 Å². The first-order valence-electron chi connectivity index (χ1n) is 12.0. The van der Waals surface area contributed by atoms with E-state index >= 15 is 0 Å². The summed E-state index contributed by atoms with van der Waals surface area (Å²) < 4.78 is 295. The fourth-order valence-corrected chi connectivity index (χ4v) is 2.27. The molecule has 0 aliphatic carbocycles. The van der Waals surface area contributed by atoms with E-state index in [9.17, 15) is 96.6 Å². The largest absolute Gasteiger partial charge is 0.588 e. The van der Waals surface area contributed by atoms with Crippen molar-refractivity contribution in [1.82, 2.24) is 0 Å². The molecule has 0 aromatic carbocycles. The second-order valence-electron chi connectivity index (χ2n) is 8.60. The first-order chi connectivity index (χ1) is 24.0. The van der Waals surface area contributed by atoms with Gasteiger partial charge in [-0.1, -0.05) is 0 Å². The molecule has 2 saturated heterocycles. The Balaban J connectivity index is 0.000000340. The Labute approximate surface area is 279 Å². The van der Waals surface area contributed by atoms with Crippen LogP contribution in [0.3, 0.4) is 0 Å². The topological polar surface area (TPSA) is 102 Å². The van der Waals surface area contributed by atoms with Crippen LogP contribution >= 0.6 is 0 Å². The Morgan fingerprint density at radius 2 is 1.02 bits per heavy atom. The lowest BCUT2D eigenvalue weighted by Gasteiger charge is -2.24. The van der Waals surface area contributed by atoms with Crippen molar-refractivity contribution in [2.24, 2.45) is 0 Å². The van der Waals surface area contributed by atoms with Crippen molar-refractivity contribution in [3.05, 3.63) is 60.8 Å². The van der Waals surface area contributed by atoms with E-state index < -0.39 is 104 Å². The molecule has 314 valence electrons. The summed E-state index contributed by atoms with van der Waals surface area (Å²) in [5.74, 6) is -11.6. The highest BCUT2D eigenvalue weighted by molar-refractivity contribution is 4.95. The van der Waals surface area contributed by atoms with Gasteiger partial charge in [-0.2, -0.15) is 65.9 Å². The third-order valence-corrected chi connectivity index (χ3v) is 4.41. The van der Waals surface area contributed by atoms with Crippen molar-refractivity contribution in [2.45, 2.75) is 56.0 Å².